The SMILES string of the molecule is O=c1[nH]c2cc([N+](=O)[O-])cc(CN[CH]c3cccc([N+](=O)[O-])c3)c2[nH]c1=O. The third-order valence-electron chi connectivity index (χ3n) is 3.75. The van der Waals surface area contributed by atoms with Crippen LogP contribution in [0.15, 0.2) is 46.0 Å². The van der Waals surface area contributed by atoms with Crippen molar-refractivity contribution in [1.82, 2.24) is 15.3 Å². The van der Waals surface area contributed by atoms with Gasteiger partial charge in [0.05, 0.1) is 27.4 Å². The minimum atomic E-state index is -0.912. The molecule has 1 heterocycles. The van der Waals surface area contributed by atoms with Gasteiger partial charge in [0.25, 0.3) is 11.4 Å². The van der Waals surface area contributed by atoms with E-state index >= 15 is 0 Å². The Balaban J connectivity index is 1.89. The van der Waals surface area contributed by atoms with Crippen LogP contribution in [0.2, 0.25) is 0 Å². The van der Waals surface area contributed by atoms with Gasteiger partial charge in [0.15, 0.2) is 0 Å². The molecule has 2 aromatic carbocycles. The smallest absolute Gasteiger partial charge is 0.314 e. The topological polar surface area (TPSA) is 164 Å². The van der Waals surface area contributed by atoms with Crippen molar-refractivity contribution in [2.24, 2.45) is 0 Å². The summed E-state index contributed by atoms with van der Waals surface area (Å²) in [7, 11) is 0. The number of nitro groups is 2. The van der Waals surface area contributed by atoms with Gasteiger partial charge in [-0.3, -0.25) is 29.8 Å². The molecule has 137 valence electrons. The molecule has 0 fully saturated rings. The molecule has 27 heavy (non-hydrogen) atoms. The number of non-ortho nitro benzene ring substituents is 2. The van der Waals surface area contributed by atoms with Gasteiger partial charge >= 0.3 is 11.1 Å². The van der Waals surface area contributed by atoms with Crippen molar-refractivity contribution in [3.8, 4) is 0 Å². The fourth-order valence-corrected chi connectivity index (χ4v) is 2.53. The molecular weight excluding hydrogens is 358 g/mol. The summed E-state index contributed by atoms with van der Waals surface area (Å²) in [6.07, 6.45) is 0. The number of aromatic amines is 2. The van der Waals surface area contributed by atoms with E-state index in [4.69, 9.17) is 0 Å². The van der Waals surface area contributed by atoms with Gasteiger partial charge in [0.2, 0.25) is 0 Å². The molecule has 3 rings (SSSR count). The van der Waals surface area contributed by atoms with Crippen LogP contribution >= 0.6 is 0 Å². The number of nitrogens with one attached hydrogen (secondary N) is 3. The summed E-state index contributed by atoms with van der Waals surface area (Å²) in [6, 6.07) is 8.30. The normalized spacial score (nSPS) is 10.8. The van der Waals surface area contributed by atoms with Crippen molar-refractivity contribution >= 4 is 22.4 Å². The highest BCUT2D eigenvalue weighted by Gasteiger charge is 2.14. The number of rotatable bonds is 6. The Hall–Kier alpha value is -3.86. The van der Waals surface area contributed by atoms with Crippen LogP contribution in [0.25, 0.3) is 11.0 Å². The van der Waals surface area contributed by atoms with Crippen LogP contribution in [-0.2, 0) is 6.54 Å². The molecule has 0 saturated heterocycles. The zero-order chi connectivity index (χ0) is 19.6. The summed E-state index contributed by atoms with van der Waals surface area (Å²) in [4.78, 5) is 48.5. The van der Waals surface area contributed by atoms with E-state index in [2.05, 4.69) is 15.3 Å². The van der Waals surface area contributed by atoms with Crippen molar-refractivity contribution in [2.75, 3.05) is 0 Å². The largest absolute Gasteiger partial charge is 0.316 e. The van der Waals surface area contributed by atoms with Crippen molar-refractivity contribution < 1.29 is 9.85 Å². The fraction of sp³-hybridized carbons (Fsp3) is 0.0625. The highest BCUT2D eigenvalue weighted by atomic mass is 16.6. The number of fused-ring (bicyclic) bond motifs is 1. The second-order valence-corrected chi connectivity index (χ2v) is 5.57. The lowest BCUT2D eigenvalue weighted by Crippen LogP contribution is -2.29. The molecule has 11 heteroatoms. The molecule has 0 aliphatic carbocycles. The Morgan fingerprint density at radius 3 is 2.37 bits per heavy atom. The number of benzene rings is 2. The molecule has 0 saturated carbocycles. The number of hydrogen-bond acceptors (Lipinski definition) is 7. The first-order valence-corrected chi connectivity index (χ1v) is 7.60. The quantitative estimate of drug-likeness (QED) is 0.334. The maximum Gasteiger partial charge on any atom is 0.314 e. The van der Waals surface area contributed by atoms with Crippen LogP contribution in [0.4, 0.5) is 11.4 Å². The van der Waals surface area contributed by atoms with Gasteiger partial charge in [-0.25, -0.2) is 0 Å². The van der Waals surface area contributed by atoms with Crippen LogP contribution in [0.5, 0.6) is 0 Å². The summed E-state index contributed by atoms with van der Waals surface area (Å²) in [6.45, 7) is 1.57. The molecule has 3 N–H and O–H groups in total. The zero-order valence-electron chi connectivity index (χ0n) is 13.6. The maximum atomic E-state index is 11.6. The molecule has 1 radical (unpaired) electrons. The number of nitro benzene ring substituents is 2. The average Bonchev–Trinajstić information content (AvgIpc) is 2.63. The first-order valence-electron chi connectivity index (χ1n) is 7.60. The van der Waals surface area contributed by atoms with E-state index in [1.165, 1.54) is 30.8 Å². The summed E-state index contributed by atoms with van der Waals surface area (Å²) in [5, 5.41) is 24.8. The molecule has 0 spiro atoms. The Labute approximate surface area is 150 Å². The van der Waals surface area contributed by atoms with Gasteiger partial charge in [-0.2, -0.15) is 0 Å². The lowest BCUT2D eigenvalue weighted by Gasteiger charge is -2.08. The lowest BCUT2D eigenvalue weighted by molar-refractivity contribution is -0.385. The minimum absolute atomic E-state index is 0.0723. The summed E-state index contributed by atoms with van der Waals surface area (Å²) in [5.74, 6) is 0. The van der Waals surface area contributed by atoms with Crippen LogP contribution < -0.4 is 16.4 Å². The Morgan fingerprint density at radius 1 is 0.963 bits per heavy atom. The molecule has 3 aromatic rings. The molecule has 11 nitrogen and oxygen atoms in total. The Kier molecular flexibility index (Phi) is 4.77. The predicted molar refractivity (Wildman–Crippen MR) is 95.2 cm³/mol. The number of nitrogens with zero attached hydrogens (tertiary/aromatic N) is 2. The average molecular weight is 370 g/mol. The lowest BCUT2D eigenvalue weighted by atomic mass is 10.1. The standard InChI is InChI=1S/C16H12N5O6/c22-15-16(23)19-14-10(5-12(21(26)27)6-13(14)18-15)8-17-7-9-2-1-3-11(4-9)20(24)25/h1-7,17H,8H2,(H,18,22)(H,19,23). The monoisotopic (exact) mass is 370 g/mol. The molecule has 0 unspecified atom stereocenters. The number of aromatic nitrogens is 2. The van der Waals surface area contributed by atoms with E-state index < -0.39 is 21.0 Å². The van der Waals surface area contributed by atoms with Crippen molar-refractivity contribution in [1.29, 1.82) is 0 Å². The van der Waals surface area contributed by atoms with Gasteiger partial charge in [-0.15, -0.1) is 0 Å². The van der Waals surface area contributed by atoms with Crippen LogP contribution in [0.1, 0.15) is 11.1 Å². The van der Waals surface area contributed by atoms with Gasteiger partial charge < -0.3 is 15.3 Å². The summed E-state index contributed by atoms with van der Waals surface area (Å²) in [5.41, 5.74) is -0.836. The van der Waals surface area contributed by atoms with Crippen molar-refractivity contribution in [2.45, 2.75) is 6.54 Å². The molecule has 1 aromatic heterocycles. The first-order chi connectivity index (χ1) is 12.8. The second-order valence-electron chi connectivity index (χ2n) is 5.57. The summed E-state index contributed by atoms with van der Waals surface area (Å²) >= 11 is 0. The third-order valence-corrected chi connectivity index (χ3v) is 3.75. The molecule has 0 aliphatic heterocycles. The second kappa shape index (κ2) is 7.17. The van der Waals surface area contributed by atoms with Crippen LogP contribution in [0, 0.1) is 26.8 Å². The highest BCUT2D eigenvalue weighted by molar-refractivity contribution is 5.80. The zero-order valence-corrected chi connectivity index (χ0v) is 13.6. The number of H-pyrrole nitrogens is 2. The minimum Gasteiger partial charge on any atom is -0.316 e. The van der Waals surface area contributed by atoms with E-state index in [1.54, 1.807) is 6.07 Å². The van der Waals surface area contributed by atoms with Gasteiger partial charge in [0, 0.05) is 30.8 Å². The highest BCUT2D eigenvalue weighted by Crippen LogP contribution is 2.21. The van der Waals surface area contributed by atoms with E-state index in [0.29, 0.717) is 11.1 Å². The van der Waals surface area contributed by atoms with Gasteiger partial charge in [-0.1, -0.05) is 12.1 Å². The maximum absolute atomic E-state index is 11.6. The third kappa shape index (κ3) is 3.88. The molecular formula is C16H12N5O6. The molecule has 0 amide bonds. The van der Waals surface area contributed by atoms with E-state index in [1.807, 2.05) is 0 Å². The van der Waals surface area contributed by atoms with Gasteiger partial charge in [-0.05, 0) is 11.1 Å². The summed E-state index contributed by atoms with van der Waals surface area (Å²) < 4.78 is 0. The van der Waals surface area contributed by atoms with Crippen LogP contribution in [0.3, 0.4) is 0 Å². The number of hydrogen-bond donors (Lipinski definition) is 3. The van der Waals surface area contributed by atoms with E-state index in [-0.39, 0.29) is 29.0 Å². The van der Waals surface area contributed by atoms with E-state index in [0.717, 1.165) is 6.07 Å². The Bertz CT molecular complexity index is 1170. The van der Waals surface area contributed by atoms with Crippen LogP contribution in [-0.4, -0.2) is 19.8 Å². The molecule has 0 bridgehead atoms. The Morgan fingerprint density at radius 2 is 1.67 bits per heavy atom. The van der Waals surface area contributed by atoms with Gasteiger partial charge in [0.1, 0.15) is 0 Å². The predicted octanol–water partition coefficient (Wildman–Crippen LogP) is 1.33. The fourth-order valence-electron chi connectivity index (χ4n) is 2.53. The van der Waals surface area contributed by atoms with Crippen molar-refractivity contribution in [3.05, 3.63) is 95.0 Å². The first kappa shape index (κ1) is 17.9. The van der Waals surface area contributed by atoms with Crippen molar-refractivity contribution in [3.63, 3.8) is 0 Å². The van der Waals surface area contributed by atoms with E-state index in [9.17, 15) is 29.8 Å². The molecule has 0 atom stereocenters. The molecule has 0 aliphatic rings.